The lowest BCUT2D eigenvalue weighted by Crippen LogP contribution is -2.29. The lowest BCUT2D eigenvalue weighted by atomic mass is 10.1. The third-order valence-electron chi connectivity index (χ3n) is 4.68. The molecule has 2 aromatic carbocycles. The quantitative estimate of drug-likeness (QED) is 0.682. The molecule has 2 heterocycles. The van der Waals surface area contributed by atoms with Crippen LogP contribution in [0, 0.1) is 0 Å². The first-order chi connectivity index (χ1) is 13.7. The Hall–Kier alpha value is -2.83. The monoisotopic (exact) mass is 379 g/mol. The molecule has 0 amide bonds. The van der Waals surface area contributed by atoms with Gasteiger partial charge in [0.15, 0.2) is 11.5 Å². The molecule has 1 atom stereocenters. The molecule has 1 aliphatic rings. The molecule has 3 aromatic rings. The highest BCUT2D eigenvalue weighted by molar-refractivity contribution is 5.67. The number of fused-ring (bicyclic) bond motifs is 1. The van der Waals surface area contributed by atoms with Gasteiger partial charge in [0.2, 0.25) is 0 Å². The molecule has 1 aromatic heterocycles. The third-order valence-corrected chi connectivity index (χ3v) is 4.68. The van der Waals surface area contributed by atoms with Gasteiger partial charge < -0.3 is 19.5 Å². The number of aromatic nitrogens is 2. The Kier molecular flexibility index (Phi) is 5.60. The highest BCUT2D eigenvalue weighted by Gasteiger charge is 2.17. The molecular weight excluding hydrogens is 354 g/mol. The standard InChI is InChI=1S/C22H25N3O3/c1-16(15-26-2)23-13-18-14-25(19-6-4-3-5-7-19)24-22(18)17-8-9-20-21(12-17)28-11-10-27-20/h3-9,12,14,16,23H,10-11,13,15H2,1-2H3/t16-/m1/s1. The van der Waals surface area contributed by atoms with Gasteiger partial charge in [-0.05, 0) is 37.3 Å². The normalized spacial score (nSPS) is 14.1. The molecule has 1 aliphatic heterocycles. The molecule has 28 heavy (non-hydrogen) atoms. The molecule has 0 unspecified atom stereocenters. The van der Waals surface area contributed by atoms with Gasteiger partial charge in [0.25, 0.3) is 0 Å². The molecule has 0 saturated heterocycles. The van der Waals surface area contributed by atoms with Gasteiger partial charge in [0.05, 0.1) is 18.0 Å². The van der Waals surface area contributed by atoms with Crippen molar-refractivity contribution in [1.82, 2.24) is 15.1 Å². The first-order valence-corrected chi connectivity index (χ1v) is 9.51. The van der Waals surface area contributed by atoms with Gasteiger partial charge in [-0.15, -0.1) is 0 Å². The SMILES string of the molecule is COC[C@@H](C)NCc1cn(-c2ccccc2)nc1-c1ccc2c(c1)OCCO2. The van der Waals surface area contributed by atoms with Crippen LogP contribution in [0.4, 0.5) is 0 Å². The molecule has 0 spiro atoms. The summed E-state index contributed by atoms with van der Waals surface area (Å²) in [6.45, 7) is 4.61. The summed E-state index contributed by atoms with van der Waals surface area (Å²) in [5.74, 6) is 1.55. The second kappa shape index (κ2) is 8.46. The molecule has 146 valence electrons. The Morgan fingerprint density at radius 2 is 1.89 bits per heavy atom. The topological polar surface area (TPSA) is 57.5 Å². The first-order valence-electron chi connectivity index (χ1n) is 9.51. The summed E-state index contributed by atoms with van der Waals surface area (Å²) in [5, 5.41) is 8.38. The fourth-order valence-corrected chi connectivity index (χ4v) is 3.28. The number of ether oxygens (including phenoxy) is 3. The van der Waals surface area contributed by atoms with Crippen LogP contribution in [-0.4, -0.2) is 42.8 Å². The zero-order valence-corrected chi connectivity index (χ0v) is 16.2. The largest absolute Gasteiger partial charge is 0.486 e. The van der Waals surface area contributed by atoms with Crippen LogP contribution in [0.3, 0.4) is 0 Å². The van der Waals surface area contributed by atoms with E-state index in [2.05, 4.69) is 18.4 Å². The number of rotatable bonds is 7. The van der Waals surface area contributed by atoms with E-state index in [1.165, 1.54) is 0 Å². The lowest BCUT2D eigenvalue weighted by Gasteiger charge is -2.19. The van der Waals surface area contributed by atoms with E-state index in [0.29, 0.717) is 26.4 Å². The Morgan fingerprint density at radius 1 is 1.11 bits per heavy atom. The summed E-state index contributed by atoms with van der Waals surface area (Å²) in [6.07, 6.45) is 2.08. The van der Waals surface area contributed by atoms with Gasteiger partial charge in [-0.25, -0.2) is 4.68 Å². The zero-order chi connectivity index (χ0) is 19.3. The minimum Gasteiger partial charge on any atom is -0.486 e. The van der Waals surface area contributed by atoms with Gasteiger partial charge in [-0.2, -0.15) is 5.10 Å². The predicted molar refractivity (Wildman–Crippen MR) is 108 cm³/mol. The van der Waals surface area contributed by atoms with Crippen molar-refractivity contribution >= 4 is 0 Å². The minimum absolute atomic E-state index is 0.248. The maximum Gasteiger partial charge on any atom is 0.162 e. The van der Waals surface area contributed by atoms with E-state index in [-0.39, 0.29) is 6.04 Å². The van der Waals surface area contributed by atoms with Gasteiger partial charge >= 0.3 is 0 Å². The molecule has 1 N–H and O–H groups in total. The molecule has 0 aliphatic carbocycles. The summed E-state index contributed by atoms with van der Waals surface area (Å²) in [5.41, 5.74) is 4.08. The second-order valence-corrected chi connectivity index (χ2v) is 6.88. The van der Waals surface area contributed by atoms with Crippen molar-refractivity contribution in [2.75, 3.05) is 26.9 Å². The smallest absolute Gasteiger partial charge is 0.162 e. The zero-order valence-electron chi connectivity index (χ0n) is 16.2. The van der Waals surface area contributed by atoms with Crippen molar-refractivity contribution in [2.45, 2.75) is 19.5 Å². The summed E-state index contributed by atoms with van der Waals surface area (Å²) in [7, 11) is 1.71. The molecule has 6 heteroatoms. The Balaban J connectivity index is 1.68. The van der Waals surface area contributed by atoms with Crippen LogP contribution in [0.2, 0.25) is 0 Å². The van der Waals surface area contributed by atoms with Crippen molar-refractivity contribution < 1.29 is 14.2 Å². The van der Waals surface area contributed by atoms with Gasteiger partial charge in [0, 0.05) is 37.0 Å². The molecular formula is C22H25N3O3. The van der Waals surface area contributed by atoms with Crippen LogP contribution in [0.25, 0.3) is 16.9 Å². The van der Waals surface area contributed by atoms with E-state index in [0.717, 1.165) is 34.0 Å². The fourth-order valence-electron chi connectivity index (χ4n) is 3.28. The fraction of sp³-hybridized carbons (Fsp3) is 0.318. The number of para-hydroxylation sites is 1. The van der Waals surface area contributed by atoms with Crippen LogP contribution in [0.5, 0.6) is 11.5 Å². The Labute approximate surface area is 165 Å². The average molecular weight is 379 g/mol. The van der Waals surface area contributed by atoms with Crippen molar-refractivity contribution in [3.05, 3.63) is 60.3 Å². The summed E-state index contributed by atoms with van der Waals surface area (Å²) in [4.78, 5) is 0. The number of nitrogens with one attached hydrogen (secondary N) is 1. The number of hydrogen-bond donors (Lipinski definition) is 1. The predicted octanol–water partition coefficient (Wildman–Crippen LogP) is 3.44. The Morgan fingerprint density at radius 3 is 2.68 bits per heavy atom. The highest BCUT2D eigenvalue weighted by atomic mass is 16.6. The lowest BCUT2D eigenvalue weighted by molar-refractivity contribution is 0.171. The maximum atomic E-state index is 5.76. The van der Waals surface area contributed by atoms with E-state index < -0.39 is 0 Å². The molecule has 0 radical (unpaired) electrons. The first kappa shape index (κ1) is 18.5. The molecule has 4 rings (SSSR count). The average Bonchev–Trinajstić information content (AvgIpc) is 3.17. The van der Waals surface area contributed by atoms with Crippen LogP contribution in [0.1, 0.15) is 12.5 Å². The number of hydrogen-bond acceptors (Lipinski definition) is 5. The van der Waals surface area contributed by atoms with E-state index in [1.54, 1.807) is 7.11 Å². The highest BCUT2D eigenvalue weighted by Crippen LogP contribution is 2.35. The Bertz CT molecular complexity index is 924. The van der Waals surface area contributed by atoms with E-state index >= 15 is 0 Å². The number of benzene rings is 2. The summed E-state index contributed by atoms with van der Waals surface area (Å²) >= 11 is 0. The van der Waals surface area contributed by atoms with Crippen molar-refractivity contribution in [2.24, 2.45) is 0 Å². The molecule has 0 fully saturated rings. The molecule has 0 bridgehead atoms. The summed E-state index contributed by atoms with van der Waals surface area (Å²) in [6, 6.07) is 16.4. The molecule has 6 nitrogen and oxygen atoms in total. The van der Waals surface area contributed by atoms with Crippen LogP contribution in [0.15, 0.2) is 54.7 Å². The van der Waals surface area contributed by atoms with E-state index in [1.807, 2.05) is 53.2 Å². The van der Waals surface area contributed by atoms with Gasteiger partial charge in [0.1, 0.15) is 13.2 Å². The third kappa shape index (κ3) is 4.03. The molecule has 0 saturated carbocycles. The van der Waals surface area contributed by atoms with Gasteiger partial charge in [-0.1, -0.05) is 18.2 Å². The van der Waals surface area contributed by atoms with Crippen molar-refractivity contribution in [3.8, 4) is 28.4 Å². The number of nitrogens with zero attached hydrogens (tertiary/aromatic N) is 2. The maximum absolute atomic E-state index is 5.76. The van der Waals surface area contributed by atoms with Crippen LogP contribution in [-0.2, 0) is 11.3 Å². The van der Waals surface area contributed by atoms with E-state index in [9.17, 15) is 0 Å². The van der Waals surface area contributed by atoms with Crippen molar-refractivity contribution in [1.29, 1.82) is 0 Å². The summed E-state index contributed by atoms with van der Waals surface area (Å²) < 4.78 is 18.6. The second-order valence-electron chi connectivity index (χ2n) is 6.88. The van der Waals surface area contributed by atoms with Crippen LogP contribution < -0.4 is 14.8 Å². The van der Waals surface area contributed by atoms with Crippen LogP contribution >= 0.6 is 0 Å². The van der Waals surface area contributed by atoms with Gasteiger partial charge in [-0.3, -0.25) is 0 Å². The van der Waals surface area contributed by atoms with Crippen molar-refractivity contribution in [3.63, 3.8) is 0 Å². The minimum atomic E-state index is 0.248. The number of methoxy groups -OCH3 is 1. The van der Waals surface area contributed by atoms with E-state index in [4.69, 9.17) is 19.3 Å².